The maximum atomic E-state index is 12.4. The van der Waals surface area contributed by atoms with Crippen LogP contribution in [0.25, 0.3) is 16.6 Å². The van der Waals surface area contributed by atoms with Gasteiger partial charge in [-0.15, -0.1) is 0 Å². The molecule has 2 amide bonds. The van der Waals surface area contributed by atoms with Gasteiger partial charge in [-0.05, 0) is 89.8 Å². The Morgan fingerprint density at radius 3 is 2.48 bits per heavy atom. The number of amides is 2. The highest BCUT2D eigenvalue weighted by atomic mass is 35.5. The summed E-state index contributed by atoms with van der Waals surface area (Å²) in [6.45, 7) is 16.7. The summed E-state index contributed by atoms with van der Waals surface area (Å²) in [5, 5.41) is 27.7. The molecule has 2 aromatic heterocycles. The average molecular weight is 863 g/mol. The molecule has 0 radical (unpaired) electrons. The molecule has 1 aliphatic rings. The van der Waals surface area contributed by atoms with Crippen LogP contribution < -0.4 is 20.7 Å². The zero-order chi connectivity index (χ0) is 44.3. The zero-order valence-electron chi connectivity index (χ0n) is 37.0. The van der Waals surface area contributed by atoms with Gasteiger partial charge in [0.1, 0.15) is 23.0 Å². The number of nitrogens with one attached hydrogen (secondary N) is 4. The van der Waals surface area contributed by atoms with Gasteiger partial charge in [0.05, 0.1) is 47.7 Å². The number of aromatic nitrogens is 4. The topological polar surface area (TPSA) is 181 Å². The van der Waals surface area contributed by atoms with E-state index in [0.717, 1.165) is 67.3 Å². The molecule has 0 aliphatic carbocycles. The Labute approximate surface area is 364 Å². The fraction of sp³-hybridized carbons (Fsp3) is 0.533. The van der Waals surface area contributed by atoms with Crippen LogP contribution in [0.4, 0.5) is 5.82 Å². The number of benzene rings is 2. The van der Waals surface area contributed by atoms with Crippen LogP contribution in [0.2, 0.25) is 5.02 Å². The first-order chi connectivity index (χ1) is 29.0. The van der Waals surface area contributed by atoms with E-state index in [1.54, 1.807) is 38.7 Å². The van der Waals surface area contributed by atoms with Gasteiger partial charge in [-0.2, -0.15) is 0 Å². The Balaban J connectivity index is 1.10. The molecular weight excluding hydrogens is 798 g/mol. The molecule has 0 bridgehead atoms. The number of carbonyl (C=O) groups is 2. The highest BCUT2D eigenvalue weighted by molar-refractivity contribution is 6.32. The fourth-order valence-electron chi connectivity index (χ4n) is 7.47. The summed E-state index contributed by atoms with van der Waals surface area (Å²) < 4.78 is 22.0. The van der Waals surface area contributed by atoms with E-state index in [2.05, 4.69) is 37.3 Å². The molecule has 15 nitrogen and oxygen atoms in total. The smallest absolute Gasteiger partial charge is 0.287 e. The number of halogens is 1. The standard InChI is InChI=1S/C45H64ClN9O6/c1-29(54-20-23-59-24-21-54)27-55-37-12-11-34(42(31(3)47)32(4)56)26-36(37)51-40(55)14-10-33-9-13-38(35(46)25-33)61-45(5,6)17-22-60-30(2)15-18-49-41(57)16-19-50-44(58)43-52-39(48-7)28-53(43)8/h9,11-13,25-26,28-30,47-48,56H,10,14-24,27H2,1-8H3,(H,49,57)(H,50,58)/b42-32+,47-31?. The molecule has 5 rings (SSSR count). The number of anilines is 1. The number of allylic oxidation sites excluding steroid dienone is 2. The molecule has 0 saturated carbocycles. The molecule has 1 aliphatic heterocycles. The lowest BCUT2D eigenvalue weighted by molar-refractivity contribution is -0.121. The Kier molecular flexibility index (Phi) is 16.8. The van der Waals surface area contributed by atoms with Crippen LogP contribution in [0.3, 0.4) is 0 Å². The lowest BCUT2D eigenvalue weighted by Gasteiger charge is -2.32. The van der Waals surface area contributed by atoms with E-state index in [9.17, 15) is 14.7 Å². The lowest BCUT2D eigenvalue weighted by atomic mass is 10.0. The van der Waals surface area contributed by atoms with E-state index in [4.69, 9.17) is 36.2 Å². The summed E-state index contributed by atoms with van der Waals surface area (Å²) in [5.74, 6) is 2.07. The van der Waals surface area contributed by atoms with Crippen LogP contribution in [0.1, 0.15) is 88.4 Å². The highest BCUT2D eigenvalue weighted by Crippen LogP contribution is 2.31. The number of fused-ring (bicyclic) bond motifs is 1. The van der Waals surface area contributed by atoms with Crippen molar-refractivity contribution in [2.75, 3.05) is 58.4 Å². The minimum atomic E-state index is -0.548. The zero-order valence-corrected chi connectivity index (χ0v) is 37.7. The Hall–Kier alpha value is -4.96. The summed E-state index contributed by atoms with van der Waals surface area (Å²) >= 11 is 6.82. The number of aryl methyl sites for hydroxylation is 3. The number of hydrogen-bond donors (Lipinski definition) is 5. The number of morpholine rings is 1. The second-order valence-corrected chi connectivity index (χ2v) is 16.8. The first-order valence-electron chi connectivity index (χ1n) is 21.2. The maximum absolute atomic E-state index is 12.4. The minimum absolute atomic E-state index is 0.0775. The van der Waals surface area contributed by atoms with Crippen molar-refractivity contribution in [2.45, 2.75) is 97.9 Å². The van der Waals surface area contributed by atoms with Gasteiger partial charge >= 0.3 is 0 Å². The molecule has 2 aromatic carbocycles. The van der Waals surface area contributed by atoms with Gasteiger partial charge in [0.25, 0.3) is 5.91 Å². The molecule has 2 unspecified atom stereocenters. The van der Waals surface area contributed by atoms with Crippen molar-refractivity contribution in [3.05, 3.63) is 76.2 Å². The Bertz CT molecular complexity index is 2170. The molecule has 332 valence electrons. The largest absolute Gasteiger partial charge is 0.512 e. The highest BCUT2D eigenvalue weighted by Gasteiger charge is 2.24. The van der Waals surface area contributed by atoms with Crippen molar-refractivity contribution < 1.29 is 28.9 Å². The third-order valence-corrected chi connectivity index (χ3v) is 11.2. The number of aliphatic hydroxyl groups excluding tert-OH is 1. The van der Waals surface area contributed by atoms with Crippen molar-refractivity contribution in [1.82, 2.24) is 34.6 Å². The molecule has 2 atom stereocenters. The number of imidazole rings is 2. The number of aliphatic hydroxyl groups is 1. The van der Waals surface area contributed by atoms with Crippen molar-refractivity contribution in [1.29, 1.82) is 5.41 Å². The maximum Gasteiger partial charge on any atom is 0.287 e. The first-order valence-corrected chi connectivity index (χ1v) is 21.5. The average Bonchev–Trinajstić information content (AvgIpc) is 3.76. The van der Waals surface area contributed by atoms with E-state index in [1.165, 1.54) is 0 Å². The number of ether oxygens (including phenoxy) is 3. The van der Waals surface area contributed by atoms with Crippen LogP contribution in [0.15, 0.2) is 48.4 Å². The normalized spacial score (nSPS) is 15.0. The Morgan fingerprint density at radius 2 is 1.80 bits per heavy atom. The number of rotatable bonds is 22. The van der Waals surface area contributed by atoms with E-state index in [1.807, 2.05) is 57.2 Å². The number of carbonyl (C=O) groups excluding carboxylic acids is 2. The van der Waals surface area contributed by atoms with Gasteiger partial charge in [-0.25, -0.2) is 9.97 Å². The quantitative estimate of drug-likeness (QED) is 0.0428. The molecule has 1 saturated heterocycles. The molecule has 3 heterocycles. The van der Waals surface area contributed by atoms with Crippen LogP contribution in [-0.4, -0.2) is 117 Å². The second-order valence-electron chi connectivity index (χ2n) is 16.4. The van der Waals surface area contributed by atoms with Gasteiger partial charge in [0, 0.05) is 89.6 Å². The SMILES string of the molecule is CNc1cn(C)c(C(=O)NCCC(=O)NCCC(C)OCCC(C)(C)Oc2ccc(CCc3nc4cc(/C(C(C)=N)=C(\C)O)ccc4n3CC(C)N3CCOCC3)cc2Cl)n1. The summed E-state index contributed by atoms with van der Waals surface area (Å²) in [6, 6.07) is 12.2. The molecule has 61 heavy (non-hydrogen) atoms. The van der Waals surface area contributed by atoms with Crippen LogP contribution in [-0.2, 0) is 40.7 Å². The summed E-state index contributed by atoms with van der Waals surface area (Å²) in [7, 11) is 3.47. The van der Waals surface area contributed by atoms with Crippen molar-refractivity contribution >= 4 is 51.6 Å². The minimum Gasteiger partial charge on any atom is -0.512 e. The number of hydrogen-bond acceptors (Lipinski definition) is 11. The summed E-state index contributed by atoms with van der Waals surface area (Å²) in [5.41, 5.74) is 3.96. The van der Waals surface area contributed by atoms with E-state index in [0.29, 0.717) is 60.3 Å². The third-order valence-electron chi connectivity index (χ3n) is 10.9. The fourth-order valence-corrected chi connectivity index (χ4v) is 7.71. The van der Waals surface area contributed by atoms with Crippen LogP contribution in [0.5, 0.6) is 5.75 Å². The van der Waals surface area contributed by atoms with Crippen molar-refractivity contribution in [2.24, 2.45) is 7.05 Å². The van der Waals surface area contributed by atoms with Gasteiger partial charge in [0.15, 0.2) is 0 Å². The summed E-state index contributed by atoms with van der Waals surface area (Å²) in [4.78, 5) is 36.5. The predicted molar refractivity (Wildman–Crippen MR) is 241 cm³/mol. The van der Waals surface area contributed by atoms with Gasteiger partial charge in [-0.3, -0.25) is 14.5 Å². The van der Waals surface area contributed by atoms with Crippen LogP contribution in [0, 0.1) is 5.41 Å². The van der Waals surface area contributed by atoms with Crippen molar-refractivity contribution in [3.63, 3.8) is 0 Å². The predicted octanol–water partition coefficient (Wildman–Crippen LogP) is 6.58. The van der Waals surface area contributed by atoms with E-state index in [-0.39, 0.29) is 48.5 Å². The third kappa shape index (κ3) is 13.3. The monoisotopic (exact) mass is 861 g/mol. The molecule has 4 aromatic rings. The van der Waals surface area contributed by atoms with Gasteiger partial charge in [0.2, 0.25) is 11.7 Å². The molecule has 1 fully saturated rings. The van der Waals surface area contributed by atoms with Gasteiger partial charge in [-0.1, -0.05) is 23.7 Å². The van der Waals surface area contributed by atoms with E-state index < -0.39 is 5.60 Å². The first kappa shape index (κ1) is 47.1. The Morgan fingerprint density at radius 1 is 1.05 bits per heavy atom. The molecule has 0 spiro atoms. The van der Waals surface area contributed by atoms with Gasteiger partial charge < -0.3 is 49.8 Å². The molecule has 16 heteroatoms. The number of nitrogens with zero attached hydrogens (tertiary/aromatic N) is 5. The second kappa shape index (κ2) is 21.7. The van der Waals surface area contributed by atoms with Crippen molar-refractivity contribution in [3.8, 4) is 5.75 Å². The summed E-state index contributed by atoms with van der Waals surface area (Å²) in [6.07, 6.45) is 4.49. The van der Waals surface area contributed by atoms with Crippen LogP contribution >= 0.6 is 11.6 Å². The molecular formula is C45H64ClN9O6. The lowest BCUT2D eigenvalue weighted by Crippen LogP contribution is -2.44. The van der Waals surface area contributed by atoms with E-state index >= 15 is 0 Å². The molecule has 5 N–H and O–H groups in total.